The Morgan fingerprint density at radius 1 is 1.28 bits per heavy atom. The fraction of sp³-hybridized carbons (Fsp3) is 0.929. The van der Waals surface area contributed by atoms with Crippen molar-refractivity contribution in [3.63, 3.8) is 0 Å². The average molecular weight is 255 g/mol. The minimum absolute atomic E-state index is 0.0219. The average Bonchev–Trinajstić information content (AvgIpc) is 2.36. The Morgan fingerprint density at radius 3 is 2.50 bits per heavy atom. The summed E-state index contributed by atoms with van der Waals surface area (Å²) in [6.45, 7) is 8.81. The van der Waals surface area contributed by atoms with Crippen LogP contribution in [0.5, 0.6) is 0 Å². The molecule has 0 aromatic heterocycles. The van der Waals surface area contributed by atoms with Crippen molar-refractivity contribution in [2.75, 3.05) is 32.7 Å². The van der Waals surface area contributed by atoms with Crippen LogP contribution in [-0.4, -0.2) is 43.5 Å². The molecule has 4 heteroatoms. The van der Waals surface area contributed by atoms with Crippen LogP contribution in [0.15, 0.2) is 0 Å². The summed E-state index contributed by atoms with van der Waals surface area (Å²) in [7, 11) is 0. The minimum atomic E-state index is -0.0219. The van der Waals surface area contributed by atoms with E-state index < -0.39 is 0 Å². The summed E-state index contributed by atoms with van der Waals surface area (Å²) in [5.41, 5.74) is 5.67. The van der Waals surface area contributed by atoms with Crippen LogP contribution in [0.25, 0.3) is 0 Å². The molecule has 0 radical (unpaired) electrons. The first-order chi connectivity index (χ1) is 8.63. The smallest absolute Gasteiger partial charge is 0.224 e. The highest BCUT2D eigenvalue weighted by Crippen LogP contribution is 2.10. The fourth-order valence-electron chi connectivity index (χ4n) is 2.54. The van der Waals surface area contributed by atoms with E-state index in [1.165, 1.54) is 32.4 Å². The summed E-state index contributed by atoms with van der Waals surface area (Å²) < 4.78 is 0. The Labute approximate surface area is 111 Å². The molecule has 1 aliphatic rings. The predicted molar refractivity (Wildman–Crippen MR) is 75.3 cm³/mol. The van der Waals surface area contributed by atoms with Crippen LogP contribution in [0.3, 0.4) is 0 Å². The largest absolute Gasteiger partial charge is 0.355 e. The quantitative estimate of drug-likeness (QED) is 0.719. The summed E-state index contributed by atoms with van der Waals surface area (Å²) in [6, 6.07) is 0. The molecule has 1 amide bonds. The Kier molecular flexibility index (Phi) is 7.28. The molecular formula is C14H29N3O. The van der Waals surface area contributed by atoms with Gasteiger partial charge in [0.05, 0.1) is 5.92 Å². The molecule has 0 aliphatic carbocycles. The van der Waals surface area contributed by atoms with E-state index in [4.69, 9.17) is 5.73 Å². The first kappa shape index (κ1) is 15.4. The Bertz CT molecular complexity index is 237. The molecule has 1 fully saturated rings. The second kappa shape index (κ2) is 8.48. The number of piperidine rings is 1. The second-order valence-corrected chi connectivity index (χ2v) is 5.76. The highest BCUT2D eigenvalue weighted by molar-refractivity contribution is 5.78. The monoisotopic (exact) mass is 255 g/mol. The van der Waals surface area contributed by atoms with Gasteiger partial charge in [0.25, 0.3) is 0 Å². The van der Waals surface area contributed by atoms with Crippen molar-refractivity contribution in [2.45, 2.75) is 39.5 Å². The van der Waals surface area contributed by atoms with Gasteiger partial charge in [-0.3, -0.25) is 4.79 Å². The Balaban J connectivity index is 2.18. The second-order valence-electron chi connectivity index (χ2n) is 5.76. The third kappa shape index (κ3) is 5.83. The van der Waals surface area contributed by atoms with Gasteiger partial charge in [-0.2, -0.15) is 0 Å². The standard InChI is InChI=1S/C14H29N3O/c1-12(2)10-13(11-15)14(18)16-6-9-17-7-4-3-5-8-17/h12-13H,3-11,15H2,1-2H3,(H,16,18). The number of likely N-dealkylation sites (tertiary alicyclic amines) is 1. The van der Waals surface area contributed by atoms with Crippen LogP contribution in [0, 0.1) is 11.8 Å². The van der Waals surface area contributed by atoms with Gasteiger partial charge in [-0.1, -0.05) is 20.3 Å². The van der Waals surface area contributed by atoms with Crippen LogP contribution >= 0.6 is 0 Å². The van der Waals surface area contributed by atoms with Gasteiger partial charge in [0, 0.05) is 19.6 Å². The molecule has 106 valence electrons. The predicted octanol–water partition coefficient (Wildman–Crippen LogP) is 1.21. The van der Waals surface area contributed by atoms with E-state index in [1.807, 2.05) is 0 Å². The van der Waals surface area contributed by atoms with Gasteiger partial charge in [0.1, 0.15) is 0 Å². The number of hydrogen-bond donors (Lipinski definition) is 2. The lowest BCUT2D eigenvalue weighted by atomic mass is 9.96. The van der Waals surface area contributed by atoms with Gasteiger partial charge in [-0.15, -0.1) is 0 Å². The summed E-state index contributed by atoms with van der Waals surface area (Å²) in [5.74, 6) is 0.626. The Hall–Kier alpha value is -0.610. The molecule has 1 rings (SSSR count). The lowest BCUT2D eigenvalue weighted by molar-refractivity contribution is -0.125. The van der Waals surface area contributed by atoms with E-state index >= 15 is 0 Å². The molecule has 1 unspecified atom stereocenters. The maximum absolute atomic E-state index is 11.9. The number of nitrogens with two attached hydrogens (primary N) is 1. The van der Waals surface area contributed by atoms with Crippen molar-refractivity contribution in [1.82, 2.24) is 10.2 Å². The number of carbonyl (C=O) groups is 1. The van der Waals surface area contributed by atoms with E-state index in [1.54, 1.807) is 0 Å². The molecular weight excluding hydrogens is 226 g/mol. The van der Waals surface area contributed by atoms with Gasteiger partial charge < -0.3 is 16.0 Å². The van der Waals surface area contributed by atoms with Crippen LogP contribution in [0.1, 0.15) is 39.5 Å². The van der Waals surface area contributed by atoms with Crippen LogP contribution in [0.4, 0.5) is 0 Å². The van der Waals surface area contributed by atoms with Crippen LogP contribution < -0.4 is 11.1 Å². The van der Waals surface area contributed by atoms with Gasteiger partial charge in [-0.25, -0.2) is 0 Å². The third-order valence-electron chi connectivity index (χ3n) is 3.59. The van der Waals surface area contributed by atoms with E-state index in [-0.39, 0.29) is 11.8 Å². The molecule has 0 bridgehead atoms. The minimum Gasteiger partial charge on any atom is -0.355 e. The number of nitrogens with one attached hydrogen (secondary N) is 1. The number of nitrogens with zero attached hydrogens (tertiary/aromatic N) is 1. The first-order valence-electron chi connectivity index (χ1n) is 7.33. The molecule has 0 saturated carbocycles. The summed E-state index contributed by atoms with van der Waals surface area (Å²) in [5, 5.41) is 3.03. The van der Waals surface area contributed by atoms with Gasteiger partial charge in [0.15, 0.2) is 0 Å². The molecule has 1 aliphatic heterocycles. The van der Waals surface area contributed by atoms with E-state index in [0.29, 0.717) is 12.5 Å². The molecule has 1 heterocycles. The molecule has 0 aromatic carbocycles. The topological polar surface area (TPSA) is 58.4 Å². The summed E-state index contributed by atoms with van der Waals surface area (Å²) >= 11 is 0. The normalized spacial score (nSPS) is 18.9. The molecule has 1 atom stereocenters. The maximum atomic E-state index is 11.9. The fourth-order valence-corrected chi connectivity index (χ4v) is 2.54. The maximum Gasteiger partial charge on any atom is 0.224 e. The first-order valence-corrected chi connectivity index (χ1v) is 7.33. The van der Waals surface area contributed by atoms with E-state index in [0.717, 1.165) is 19.5 Å². The van der Waals surface area contributed by atoms with Gasteiger partial charge >= 0.3 is 0 Å². The molecule has 0 spiro atoms. The van der Waals surface area contributed by atoms with Crippen molar-refractivity contribution in [2.24, 2.45) is 17.6 Å². The highest BCUT2D eigenvalue weighted by Gasteiger charge is 2.18. The number of rotatable bonds is 7. The van der Waals surface area contributed by atoms with Gasteiger partial charge in [0.2, 0.25) is 5.91 Å². The molecule has 4 nitrogen and oxygen atoms in total. The zero-order chi connectivity index (χ0) is 13.4. The molecule has 1 saturated heterocycles. The van der Waals surface area contributed by atoms with Crippen molar-refractivity contribution < 1.29 is 4.79 Å². The highest BCUT2D eigenvalue weighted by atomic mass is 16.1. The molecule has 0 aromatic rings. The van der Waals surface area contributed by atoms with Crippen LogP contribution in [-0.2, 0) is 4.79 Å². The van der Waals surface area contributed by atoms with Crippen molar-refractivity contribution in [3.8, 4) is 0 Å². The molecule has 3 N–H and O–H groups in total. The lowest BCUT2D eigenvalue weighted by Crippen LogP contribution is -2.41. The summed E-state index contributed by atoms with van der Waals surface area (Å²) in [4.78, 5) is 14.4. The number of amides is 1. The van der Waals surface area contributed by atoms with Crippen molar-refractivity contribution in [1.29, 1.82) is 0 Å². The summed E-state index contributed by atoms with van der Waals surface area (Å²) in [6.07, 6.45) is 4.83. The zero-order valence-electron chi connectivity index (χ0n) is 12.0. The SMILES string of the molecule is CC(C)CC(CN)C(=O)NCCN1CCCCC1. The van der Waals surface area contributed by atoms with Crippen LogP contribution in [0.2, 0.25) is 0 Å². The van der Waals surface area contributed by atoms with Crippen molar-refractivity contribution in [3.05, 3.63) is 0 Å². The Morgan fingerprint density at radius 2 is 1.94 bits per heavy atom. The van der Waals surface area contributed by atoms with E-state index in [2.05, 4.69) is 24.1 Å². The lowest BCUT2D eigenvalue weighted by Gasteiger charge is -2.26. The van der Waals surface area contributed by atoms with Crippen molar-refractivity contribution >= 4 is 5.91 Å². The number of carbonyl (C=O) groups excluding carboxylic acids is 1. The van der Waals surface area contributed by atoms with Gasteiger partial charge in [-0.05, 0) is 38.3 Å². The number of hydrogen-bond acceptors (Lipinski definition) is 3. The zero-order valence-corrected chi connectivity index (χ0v) is 12.0. The third-order valence-corrected chi connectivity index (χ3v) is 3.59. The molecule has 18 heavy (non-hydrogen) atoms. The van der Waals surface area contributed by atoms with E-state index in [9.17, 15) is 4.79 Å².